The van der Waals surface area contributed by atoms with Crippen LogP contribution in [0, 0.1) is 0 Å². The fourth-order valence-corrected chi connectivity index (χ4v) is 1.83. The van der Waals surface area contributed by atoms with Gasteiger partial charge >= 0.3 is 0 Å². The molecule has 0 fully saturated rings. The molecule has 0 atom stereocenters. The van der Waals surface area contributed by atoms with Crippen molar-refractivity contribution >= 4 is 23.6 Å². The van der Waals surface area contributed by atoms with Crippen LogP contribution in [-0.2, 0) is 4.79 Å². The highest BCUT2D eigenvalue weighted by Crippen LogP contribution is 2.14. The Morgan fingerprint density at radius 3 is 2.00 bits per heavy atom. The van der Waals surface area contributed by atoms with Crippen molar-refractivity contribution in [3.05, 3.63) is 82.3 Å². The molecule has 0 bridgehead atoms. The van der Waals surface area contributed by atoms with Gasteiger partial charge in [0.25, 0.3) is 0 Å². The summed E-state index contributed by atoms with van der Waals surface area (Å²) < 4.78 is 5.08. The van der Waals surface area contributed by atoms with Gasteiger partial charge < -0.3 is 4.74 Å². The minimum Gasteiger partial charge on any atom is -0.497 e. The second kappa shape index (κ2) is 8.22. The Morgan fingerprint density at radius 2 is 1.52 bits per heavy atom. The third-order valence-corrected chi connectivity index (χ3v) is 3.05. The predicted octanol–water partition coefficient (Wildman–Crippen LogP) is 4.93. The molecular weight excluding hydrogens is 290 g/mol. The van der Waals surface area contributed by atoms with Crippen LogP contribution in [0.4, 0.5) is 5.69 Å². The van der Waals surface area contributed by atoms with Crippen molar-refractivity contribution in [2.75, 3.05) is 7.11 Å². The molecule has 0 amide bonds. The molecule has 0 aliphatic carbocycles. The van der Waals surface area contributed by atoms with E-state index in [4.69, 9.17) is 10.3 Å². The SMILES string of the molecule is COc1ccc(C=CC(=O)C=Cc2ccc(N=[N+]=[N-])cc2)cc1. The summed E-state index contributed by atoms with van der Waals surface area (Å²) in [6.07, 6.45) is 6.45. The van der Waals surface area contributed by atoms with Crippen molar-refractivity contribution < 1.29 is 9.53 Å². The van der Waals surface area contributed by atoms with E-state index in [2.05, 4.69) is 10.0 Å². The molecule has 0 radical (unpaired) electrons. The molecule has 5 nitrogen and oxygen atoms in total. The van der Waals surface area contributed by atoms with Gasteiger partial charge in [0.15, 0.2) is 5.78 Å². The maximum absolute atomic E-state index is 11.8. The summed E-state index contributed by atoms with van der Waals surface area (Å²) in [5.74, 6) is 0.664. The highest BCUT2D eigenvalue weighted by Gasteiger charge is 1.94. The zero-order valence-electron chi connectivity index (χ0n) is 12.6. The largest absolute Gasteiger partial charge is 0.497 e. The van der Waals surface area contributed by atoms with Gasteiger partial charge in [-0.2, -0.15) is 0 Å². The van der Waals surface area contributed by atoms with Crippen LogP contribution in [0.5, 0.6) is 5.75 Å². The number of methoxy groups -OCH3 is 1. The van der Waals surface area contributed by atoms with Gasteiger partial charge in [-0.3, -0.25) is 4.79 Å². The van der Waals surface area contributed by atoms with Crippen LogP contribution in [0.1, 0.15) is 11.1 Å². The molecule has 0 N–H and O–H groups in total. The molecule has 2 aromatic carbocycles. The minimum atomic E-state index is -0.111. The van der Waals surface area contributed by atoms with Crippen molar-refractivity contribution in [1.29, 1.82) is 0 Å². The van der Waals surface area contributed by atoms with Crippen molar-refractivity contribution in [3.8, 4) is 5.75 Å². The average Bonchev–Trinajstić information content (AvgIpc) is 2.60. The van der Waals surface area contributed by atoms with Crippen LogP contribution < -0.4 is 4.74 Å². The van der Waals surface area contributed by atoms with E-state index in [0.29, 0.717) is 5.69 Å². The molecule has 0 heterocycles. The van der Waals surface area contributed by atoms with E-state index in [1.807, 2.05) is 24.3 Å². The fraction of sp³-hybridized carbons (Fsp3) is 0.0556. The van der Waals surface area contributed by atoms with Crippen molar-refractivity contribution in [2.45, 2.75) is 0 Å². The Kier molecular flexibility index (Phi) is 5.74. The summed E-state index contributed by atoms with van der Waals surface area (Å²) >= 11 is 0. The second-order valence-electron chi connectivity index (χ2n) is 4.62. The molecule has 0 aromatic heterocycles. The number of azide groups is 1. The summed E-state index contributed by atoms with van der Waals surface area (Å²) in [7, 11) is 1.61. The number of rotatable bonds is 6. The smallest absolute Gasteiger partial charge is 0.178 e. The Morgan fingerprint density at radius 1 is 1.00 bits per heavy atom. The first-order valence-corrected chi connectivity index (χ1v) is 6.90. The van der Waals surface area contributed by atoms with E-state index in [1.54, 1.807) is 43.5 Å². The van der Waals surface area contributed by atoms with Crippen LogP contribution in [0.3, 0.4) is 0 Å². The second-order valence-corrected chi connectivity index (χ2v) is 4.62. The highest BCUT2D eigenvalue weighted by molar-refractivity contribution is 6.04. The van der Waals surface area contributed by atoms with E-state index < -0.39 is 0 Å². The molecular formula is C18H15N3O2. The molecule has 2 aromatic rings. The molecule has 2 rings (SSSR count). The number of hydrogen-bond acceptors (Lipinski definition) is 3. The number of nitrogens with zero attached hydrogens (tertiary/aromatic N) is 3. The van der Waals surface area contributed by atoms with Gasteiger partial charge in [0.2, 0.25) is 0 Å². The lowest BCUT2D eigenvalue weighted by Gasteiger charge is -1.98. The fourth-order valence-electron chi connectivity index (χ4n) is 1.83. The van der Waals surface area contributed by atoms with Gasteiger partial charge in [-0.05, 0) is 40.9 Å². The number of allylic oxidation sites excluding steroid dienone is 2. The van der Waals surface area contributed by atoms with Crippen LogP contribution in [0.15, 0.2) is 65.8 Å². The first-order valence-electron chi connectivity index (χ1n) is 6.90. The normalized spacial score (nSPS) is 10.7. The summed E-state index contributed by atoms with van der Waals surface area (Å²) in [6, 6.07) is 14.4. The molecule has 0 aliphatic heterocycles. The molecule has 0 aliphatic rings. The number of carbonyl (C=O) groups excluding carboxylic acids is 1. The molecule has 0 unspecified atom stereocenters. The van der Waals surface area contributed by atoms with Crippen LogP contribution in [0.2, 0.25) is 0 Å². The molecule has 23 heavy (non-hydrogen) atoms. The molecule has 0 saturated heterocycles. The molecule has 0 saturated carbocycles. The van der Waals surface area contributed by atoms with Gasteiger partial charge in [-0.1, -0.05) is 53.7 Å². The van der Waals surface area contributed by atoms with Crippen LogP contribution >= 0.6 is 0 Å². The first-order chi connectivity index (χ1) is 11.2. The average molecular weight is 305 g/mol. The van der Waals surface area contributed by atoms with Crippen molar-refractivity contribution in [1.82, 2.24) is 0 Å². The Balaban J connectivity index is 1.97. The summed E-state index contributed by atoms with van der Waals surface area (Å²) in [5.41, 5.74) is 10.6. The lowest BCUT2D eigenvalue weighted by molar-refractivity contribution is -0.110. The third-order valence-electron chi connectivity index (χ3n) is 3.05. The molecule has 0 spiro atoms. The first kappa shape index (κ1) is 16.1. The number of hydrogen-bond donors (Lipinski definition) is 0. The van der Waals surface area contributed by atoms with Gasteiger partial charge in [-0.15, -0.1) is 0 Å². The maximum atomic E-state index is 11.8. The highest BCUT2D eigenvalue weighted by atomic mass is 16.5. The predicted molar refractivity (Wildman–Crippen MR) is 91.3 cm³/mol. The van der Waals surface area contributed by atoms with Gasteiger partial charge in [0, 0.05) is 10.6 Å². The van der Waals surface area contributed by atoms with E-state index in [0.717, 1.165) is 16.9 Å². The number of ether oxygens (including phenoxy) is 1. The third kappa shape index (κ3) is 5.19. The molecule has 5 heteroatoms. The summed E-state index contributed by atoms with van der Waals surface area (Å²) in [6.45, 7) is 0. The standard InChI is InChI=1S/C18H15N3O2/c1-23-18-12-6-15(7-13-18)5-11-17(22)10-4-14-2-8-16(9-3-14)20-21-19/h2-13H,1H3. The topological polar surface area (TPSA) is 75.1 Å². The van der Waals surface area contributed by atoms with Crippen molar-refractivity contribution in [2.24, 2.45) is 5.11 Å². The van der Waals surface area contributed by atoms with Crippen LogP contribution in [0.25, 0.3) is 22.6 Å². The zero-order chi connectivity index (χ0) is 16.5. The van der Waals surface area contributed by atoms with Gasteiger partial charge in [0.05, 0.1) is 7.11 Å². The maximum Gasteiger partial charge on any atom is 0.178 e. The molecule has 114 valence electrons. The lowest BCUT2D eigenvalue weighted by atomic mass is 10.1. The number of carbonyl (C=O) groups is 1. The van der Waals surface area contributed by atoms with Gasteiger partial charge in [0.1, 0.15) is 5.75 Å². The quantitative estimate of drug-likeness (QED) is 0.328. The van der Waals surface area contributed by atoms with Gasteiger partial charge in [-0.25, -0.2) is 0 Å². The summed E-state index contributed by atoms with van der Waals surface area (Å²) in [5, 5.41) is 3.49. The van der Waals surface area contributed by atoms with Crippen LogP contribution in [-0.4, -0.2) is 12.9 Å². The minimum absolute atomic E-state index is 0.111. The lowest BCUT2D eigenvalue weighted by Crippen LogP contribution is -1.85. The van der Waals surface area contributed by atoms with E-state index in [1.165, 1.54) is 12.2 Å². The monoisotopic (exact) mass is 305 g/mol. The van der Waals surface area contributed by atoms with E-state index >= 15 is 0 Å². The number of ketones is 1. The van der Waals surface area contributed by atoms with E-state index in [9.17, 15) is 4.79 Å². The summed E-state index contributed by atoms with van der Waals surface area (Å²) in [4.78, 5) is 14.5. The Hall–Kier alpha value is -3.30. The van der Waals surface area contributed by atoms with E-state index in [-0.39, 0.29) is 5.78 Å². The Bertz CT molecular complexity index is 769. The number of benzene rings is 2. The van der Waals surface area contributed by atoms with Crippen molar-refractivity contribution in [3.63, 3.8) is 0 Å². The zero-order valence-corrected chi connectivity index (χ0v) is 12.6. The Labute approximate surface area is 134 Å².